The Morgan fingerprint density at radius 2 is 1.73 bits per heavy atom. The van der Waals surface area contributed by atoms with Crippen molar-refractivity contribution >= 4 is 22.6 Å². The van der Waals surface area contributed by atoms with E-state index in [9.17, 15) is 4.79 Å². The summed E-state index contributed by atoms with van der Waals surface area (Å²) in [6.45, 7) is 6.19. The molecule has 3 heteroatoms. The largest absolute Gasteiger partial charge is 0.451 e. The molecule has 3 nitrogen and oxygen atoms in total. The average molecular weight is 293 g/mol. The Hall–Kier alpha value is -2.55. The van der Waals surface area contributed by atoms with E-state index in [2.05, 4.69) is 19.2 Å². The van der Waals surface area contributed by atoms with Gasteiger partial charge in [0.25, 0.3) is 5.91 Å². The lowest BCUT2D eigenvalue weighted by molar-refractivity contribution is 0.0998. The molecule has 1 aromatic heterocycles. The Balaban J connectivity index is 1.85. The number of carbonyl (C=O) groups excluding carboxylic acids is 1. The molecule has 22 heavy (non-hydrogen) atoms. The van der Waals surface area contributed by atoms with Gasteiger partial charge in [-0.1, -0.05) is 44.2 Å². The minimum absolute atomic E-state index is 0.217. The maximum absolute atomic E-state index is 12.4. The van der Waals surface area contributed by atoms with Crippen LogP contribution in [0.2, 0.25) is 0 Å². The van der Waals surface area contributed by atoms with Crippen LogP contribution in [0.15, 0.2) is 52.9 Å². The lowest BCUT2D eigenvalue weighted by atomic mass is 10.0. The summed E-state index contributed by atoms with van der Waals surface area (Å²) in [4.78, 5) is 12.4. The summed E-state index contributed by atoms with van der Waals surface area (Å²) < 4.78 is 5.68. The van der Waals surface area contributed by atoms with Crippen LogP contribution in [0.5, 0.6) is 0 Å². The highest BCUT2D eigenvalue weighted by Gasteiger charge is 2.17. The molecule has 112 valence electrons. The van der Waals surface area contributed by atoms with Gasteiger partial charge in [0.15, 0.2) is 5.76 Å². The molecule has 0 fully saturated rings. The van der Waals surface area contributed by atoms with Crippen LogP contribution in [0.4, 0.5) is 5.69 Å². The molecule has 0 saturated carbocycles. The lowest BCUT2D eigenvalue weighted by Crippen LogP contribution is -2.12. The van der Waals surface area contributed by atoms with Crippen molar-refractivity contribution in [3.05, 3.63) is 65.4 Å². The maximum atomic E-state index is 12.4. The number of furan rings is 1. The topological polar surface area (TPSA) is 42.2 Å². The number of amides is 1. The van der Waals surface area contributed by atoms with E-state index < -0.39 is 0 Å². The number of carbonyl (C=O) groups is 1. The Kier molecular flexibility index (Phi) is 3.72. The summed E-state index contributed by atoms with van der Waals surface area (Å²) in [5.74, 6) is 0.627. The number of anilines is 1. The van der Waals surface area contributed by atoms with Crippen LogP contribution >= 0.6 is 0 Å². The van der Waals surface area contributed by atoms with Crippen molar-refractivity contribution in [3.8, 4) is 0 Å². The number of para-hydroxylation sites is 1. The summed E-state index contributed by atoms with van der Waals surface area (Å²) in [6, 6.07) is 15.6. The highest BCUT2D eigenvalue weighted by atomic mass is 16.3. The predicted octanol–water partition coefficient (Wildman–Crippen LogP) is 5.12. The number of hydrogen-bond donors (Lipinski definition) is 1. The van der Waals surface area contributed by atoms with Gasteiger partial charge in [-0.2, -0.15) is 0 Å². The fourth-order valence-corrected chi connectivity index (χ4v) is 2.53. The Bertz CT molecular complexity index is 813. The van der Waals surface area contributed by atoms with Crippen molar-refractivity contribution in [1.82, 2.24) is 0 Å². The summed E-state index contributed by atoms with van der Waals surface area (Å²) >= 11 is 0. The molecule has 3 rings (SSSR count). The van der Waals surface area contributed by atoms with Crippen LogP contribution in [0, 0.1) is 6.92 Å². The van der Waals surface area contributed by atoms with Gasteiger partial charge >= 0.3 is 0 Å². The number of fused-ring (bicyclic) bond motifs is 1. The fraction of sp³-hybridized carbons (Fsp3) is 0.211. The van der Waals surface area contributed by atoms with Crippen LogP contribution in [0.3, 0.4) is 0 Å². The molecule has 0 bridgehead atoms. The van der Waals surface area contributed by atoms with E-state index in [-0.39, 0.29) is 5.91 Å². The molecular formula is C19H19NO2. The number of nitrogens with one attached hydrogen (secondary N) is 1. The molecule has 0 aliphatic rings. The van der Waals surface area contributed by atoms with E-state index in [0.717, 1.165) is 22.2 Å². The summed E-state index contributed by atoms with van der Waals surface area (Å²) in [5, 5.41) is 3.87. The fourth-order valence-electron chi connectivity index (χ4n) is 2.53. The number of rotatable bonds is 3. The van der Waals surface area contributed by atoms with Gasteiger partial charge < -0.3 is 9.73 Å². The Morgan fingerprint density at radius 1 is 1.05 bits per heavy atom. The van der Waals surface area contributed by atoms with Crippen molar-refractivity contribution < 1.29 is 9.21 Å². The highest BCUT2D eigenvalue weighted by molar-refractivity contribution is 6.06. The molecule has 0 radical (unpaired) electrons. The summed E-state index contributed by atoms with van der Waals surface area (Å²) in [6.07, 6.45) is 0. The first kappa shape index (κ1) is 14.4. The van der Waals surface area contributed by atoms with E-state index in [1.165, 1.54) is 5.56 Å². The van der Waals surface area contributed by atoms with Crippen LogP contribution < -0.4 is 5.32 Å². The molecule has 0 spiro atoms. The van der Waals surface area contributed by atoms with E-state index in [0.29, 0.717) is 11.7 Å². The van der Waals surface area contributed by atoms with Gasteiger partial charge in [0.2, 0.25) is 0 Å². The second kappa shape index (κ2) is 5.68. The SMILES string of the molecule is Cc1c(C(=O)Nc2ccc(C(C)C)cc2)oc2ccccc12. The number of hydrogen-bond acceptors (Lipinski definition) is 2. The maximum Gasteiger partial charge on any atom is 0.291 e. The van der Waals surface area contributed by atoms with Crippen molar-refractivity contribution in [2.45, 2.75) is 26.7 Å². The van der Waals surface area contributed by atoms with Gasteiger partial charge in [0.1, 0.15) is 5.58 Å². The molecule has 2 aromatic carbocycles. The second-order valence-corrected chi connectivity index (χ2v) is 5.78. The molecule has 3 aromatic rings. The molecule has 1 heterocycles. The molecule has 0 aliphatic heterocycles. The Labute approximate surface area is 130 Å². The minimum Gasteiger partial charge on any atom is -0.451 e. The normalized spacial score (nSPS) is 11.1. The van der Waals surface area contributed by atoms with E-state index in [1.807, 2.05) is 55.5 Å². The van der Waals surface area contributed by atoms with Crippen molar-refractivity contribution in [1.29, 1.82) is 0 Å². The molecule has 0 atom stereocenters. The molecule has 0 unspecified atom stereocenters. The Morgan fingerprint density at radius 3 is 2.36 bits per heavy atom. The van der Waals surface area contributed by atoms with Gasteiger partial charge in [-0.15, -0.1) is 0 Å². The third-order valence-corrected chi connectivity index (χ3v) is 3.89. The zero-order valence-electron chi connectivity index (χ0n) is 13.0. The average Bonchev–Trinajstić information content (AvgIpc) is 2.85. The zero-order chi connectivity index (χ0) is 15.7. The molecule has 1 amide bonds. The second-order valence-electron chi connectivity index (χ2n) is 5.78. The summed E-state index contributed by atoms with van der Waals surface area (Å²) in [7, 11) is 0. The van der Waals surface area contributed by atoms with Crippen LogP contribution in [-0.2, 0) is 0 Å². The van der Waals surface area contributed by atoms with Crippen LogP contribution in [0.25, 0.3) is 11.0 Å². The minimum atomic E-state index is -0.217. The van der Waals surface area contributed by atoms with Crippen molar-refractivity contribution in [2.24, 2.45) is 0 Å². The van der Waals surface area contributed by atoms with Crippen LogP contribution in [-0.4, -0.2) is 5.91 Å². The van der Waals surface area contributed by atoms with E-state index in [4.69, 9.17) is 4.42 Å². The first-order valence-electron chi connectivity index (χ1n) is 7.45. The van der Waals surface area contributed by atoms with E-state index in [1.54, 1.807) is 0 Å². The third-order valence-electron chi connectivity index (χ3n) is 3.89. The van der Waals surface area contributed by atoms with E-state index >= 15 is 0 Å². The van der Waals surface area contributed by atoms with Gasteiger partial charge in [-0.3, -0.25) is 4.79 Å². The molecule has 0 saturated heterocycles. The monoisotopic (exact) mass is 293 g/mol. The highest BCUT2D eigenvalue weighted by Crippen LogP contribution is 2.26. The van der Waals surface area contributed by atoms with Gasteiger partial charge in [0.05, 0.1) is 0 Å². The predicted molar refractivity (Wildman–Crippen MR) is 89.4 cm³/mol. The van der Waals surface area contributed by atoms with Gasteiger partial charge in [0, 0.05) is 16.6 Å². The first-order chi connectivity index (χ1) is 10.6. The molecule has 0 aliphatic carbocycles. The number of benzene rings is 2. The molecule has 1 N–H and O–H groups in total. The first-order valence-corrected chi connectivity index (χ1v) is 7.45. The summed E-state index contributed by atoms with van der Waals surface area (Å²) in [5.41, 5.74) is 3.62. The van der Waals surface area contributed by atoms with Gasteiger partial charge in [-0.05, 0) is 36.6 Å². The smallest absolute Gasteiger partial charge is 0.291 e. The molecular weight excluding hydrogens is 274 g/mol. The standard InChI is InChI=1S/C19H19NO2/c1-12(2)14-8-10-15(11-9-14)20-19(21)18-13(3)16-6-4-5-7-17(16)22-18/h4-12H,1-3H3,(H,20,21). The van der Waals surface area contributed by atoms with Crippen molar-refractivity contribution in [3.63, 3.8) is 0 Å². The van der Waals surface area contributed by atoms with Crippen molar-refractivity contribution in [2.75, 3.05) is 5.32 Å². The van der Waals surface area contributed by atoms with Crippen LogP contribution in [0.1, 0.15) is 41.4 Å². The lowest BCUT2D eigenvalue weighted by Gasteiger charge is -2.07. The third kappa shape index (κ3) is 2.62. The number of aryl methyl sites for hydroxylation is 1. The van der Waals surface area contributed by atoms with Gasteiger partial charge in [-0.25, -0.2) is 0 Å². The quantitative estimate of drug-likeness (QED) is 0.728. The zero-order valence-corrected chi connectivity index (χ0v) is 13.0.